The fourth-order valence-electron chi connectivity index (χ4n) is 2.77. The number of primary amides is 1. The largest absolute Gasteiger partial charge is 0.450 e. The molecular formula is C17H23N3O4. The molecule has 0 spiro atoms. The first-order valence-electron chi connectivity index (χ1n) is 8.06. The van der Waals surface area contributed by atoms with Crippen molar-refractivity contribution >= 4 is 23.6 Å². The number of nitrogens with one attached hydrogen (secondary N) is 1. The van der Waals surface area contributed by atoms with Gasteiger partial charge in [-0.1, -0.05) is 0 Å². The van der Waals surface area contributed by atoms with Crippen LogP contribution in [0.4, 0.5) is 10.5 Å². The quantitative estimate of drug-likeness (QED) is 0.879. The molecule has 0 aromatic heterocycles. The molecule has 1 aromatic rings. The van der Waals surface area contributed by atoms with Gasteiger partial charge >= 0.3 is 6.09 Å². The monoisotopic (exact) mass is 333 g/mol. The number of benzene rings is 1. The molecule has 0 unspecified atom stereocenters. The number of nitrogens with zero attached hydrogens (tertiary/aromatic N) is 1. The number of hydrogen-bond acceptors (Lipinski definition) is 4. The molecule has 1 saturated heterocycles. The maximum absolute atomic E-state index is 12.7. The van der Waals surface area contributed by atoms with Gasteiger partial charge in [-0.25, -0.2) is 4.79 Å². The number of ether oxygens (including phenoxy) is 1. The van der Waals surface area contributed by atoms with Gasteiger partial charge in [-0.05, 0) is 51.0 Å². The topological polar surface area (TPSA) is 102 Å². The first-order chi connectivity index (χ1) is 11.4. The van der Waals surface area contributed by atoms with Crippen LogP contribution in [-0.2, 0) is 9.53 Å². The lowest BCUT2D eigenvalue weighted by Crippen LogP contribution is -2.48. The summed E-state index contributed by atoms with van der Waals surface area (Å²) < 4.78 is 4.80. The minimum absolute atomic E-state index is 0.0606. The fraction of sp³-hybridized carbons (Fsp3) is 0.471. The predicted molar refractivity (Wildman–Crippen MR) is 89.5 cm³/mol. The summed E-state index contributed by atoms with van der Waals surface area (Å²) in [6.45, 7) is 4.32. The van der Waals surface area contributed by atoms with Crippen LogP contribution in [0.25, 0.3) is 0 Å². The predicted octanol–water partition coefficient (Wildman–Crippen LogP) is 1.98. The number of hydrogen-bond donors (Lipinski definition) is 2. The number of amides is 3. The van der Waals surface area contributed by atoms with E-state index in [0.717, 1.165) is 6.42 Å². The van der Waals surface area contributed by atoms with Crippen LogP contribution in [0.2, 0.25) is 0 Å². The zero-order valence-corrected chi connectivity index (χ0v) is 14.0. The second kappa shape index (κ2) is 7.81. The van der Waals surface area contributed by atoms with Gasteiger partial charge in [0.1, 0.15) is 0 Å². The lowest BCUT2D eigenvalue weighted by atomic mass is 9.92. The van der Waals surface area contributed by atoms with Crippen LogP contribution in [0.5, 0.6) is 0 Å². The highest BCUT2D eigenvalue weighted by atomic mass is 16.5. The summed E-state index contributed by atoms with van der Waals surface area (Å²) in [6.07, 6.45) is 0.926. The van der Waals surface area contributed by atoms with Gasteiger partial charge in [-0.2, -0.15) is 0 Å². The van der Waals surface area contributed by atoms with E-state index in [4.69, 9.17) is 10.5 Å². The summed E-state index contributed by atoms with van der Waals surface area (Å²) in [7, 11) is 0. The van der Waals surface area contributed by atoms with Crippen LogP contribution in [0.1, 0.15) is 37.0 Å². The Bertz CT molecular complexity index is 615. The molecule has 130 valence electrons. The molecule has 1 fully saturated rings. The first kappa shape index (κ1) is 17.8. The molecule has 0 bridgehead atoms. The Balaban J connectivity index is 2.06. The van der Waals surface area contributed by atoms with E-state index in [1.807, 2.05) is 6.92 Å². The fourth-order valence-corrected chi connectivity index (χ4v) is 2.77. The van der Waals surface area contributed by atoms with Gasteiger partial charge in [0.2, 0.25) is 5.91 Å². The van der Waals surface area contributed by atoms with E-state index in [9.17, 15) is 14.4 Å². The number of carbonyl (C=O) groups excluding carboxylic acids is 3. The van der Waals surface area contributed by atoms with Crippen LogP contribution in [0.3, 0.4) is 0 Å². The molecule has 24 heavy (non-hydrogen) atoms. The van der Waals surface area contributed by atoms with Crippen molar-refractivity contribution < 1.29 is 19.1 Å². The van der Waals surface area contributed by atoms with E-state index in [-0.39, 0.29) is 30.4 Å². The van der Waals surface area contributed by atoms with Crippen molar-refractivity contribution in [3.8, 4) is 0 Å². The Hall–Kier alpha value is -2.57. The van der Waals surface area contributed by atoms with Crippen LogP contribution in [-0.4, -0.2) is 42.0 Å². The molecule has 3 amide bonds. The third-order valence-corrected chi connectivity index (χ3v) is 4.20. The Morgan fingerprint density at radius 2 is 1.92 bits per heavy atom. The molecule has 7 heteroatoms. The minimum atomic E-state index is -0.537. The maximum atomic E-state index is 12.7. The van der Waals surface area contributed by atoms with Crippen LogP contribution in [0.15, 0.2) is 24.3 Å². The van der Waals surface area contributed by atoms with Crippen LogP contribution in [0, 0.1) is 5.92 Å². The van der Waals surface area contributed by atoms with E-state index < -0.39 is 6.09 Å². The highest BCUT2D eigenvalue weighted by Gasteiger charge is 2.32. The zero-order valence-electron chi connectivity index (χ0n) is 14.0. The third-order valence-electron chi connectivity index (χ3n) is 4.20. The number of anilines is 1. The highest BCUT2D eigenvalue weighted by molar-refractivity contribution is 5.95. The molecule has 0 aliphatic carbocycles. The summed E-state index contributed by atoms with van der Waals surface area (Å²) in [6, 6.07) is 6.63. The molecule has 2 atom stereocenters. The van der Waals surface area contributed by atoms with Crippen molar-refractivity contribution in [2.45, 2.75) is 32.7 Å². The Labute approximate surface area is 141 Å². The molecular weight excluding hydrogens is 310 g/mol. The van der Waals surface area contributed by atoms with Crippen molar-refractivity contribution in [3.63, 3.8) is 0 Å². The molecule has 1 aromatic carbocycles. The van der Waals surface area contributed by atoms with Crippen molar-refractivity contribution in [2.75, 3.05) is 18.5 Å². The van der Waals surface area contributed by atoms with E-state index in [1.165, 1.54) is 0 Å². The lowest BCUT2D eigenvalue weighted by molar-refractivity contribution is -0.123. The molecule has 1 heterocycles. The van der Waals surface area contributed by atoms with E-state index in [1.54, 1.807) is 36.1 Å². The van der Waals surface area contributed by atoms with Gasteiger partial charge < -0.3 is 15.4 Å². The Morgan fingerprint density at radius 3 is 2.50 bits per heavy atom. The Morgan fingerprint density at radius 1 is 1.25 bits per heavy atom. The molecule has 0 radical (unpaired) electrons. The van der Waals surface area contributed by atoms with Gasteiger partial charge in [0, 0.05) is 23.8 Å². The zero-order chi connectivity index (χ0) is 17.7. The smallest absolute Gasteiger partial charge is 0.411 e. The summed E-state index contributed by atoms with van der Waals surface area (Å²) in [5.74, 6) is -0.806. The first-order valence-corrected chi connectivity index (χ1v) is 8.06. The highest BCUT2D eigenvalue weighted by Crippen LogP contribution is 2.24. The van der Waals surface area contributed by atoms with Crippen molar-refractivity contribution in [1.29, 1.82) is 0 Å². The van der Waals surface area contributed by atoms with Gasteiger partial charge in [-0.3, -0.25) is 14.9 Å². The maximum Gasteiger partial charge on any atom is 0.411 e. The molecule has 7 nitrogen and oxygen atoms in total. The molecule has 1 aliphatic rings. The number of carbonyl (C=O) groups is 3. The van der Waals surface area contributed by atoms with Crippen molar-refractivity contribution in [1.82, 2.24) is 4.90 Å². The van der Waals surface area contributed by atoms with Crippen LogP contribution < -0.4 is 11.1 Å². The molecule has 2 rings (SSSR count). The van der Waals surface area contributed by atoms with Gasteiger partial charge in [0.15, 0.2) is 0 Å². The summed E-state index contributed by atoms with van der Waals surface area (Å²) in [5, 5.41) is 2.57. The van der Waals surface area contributed by atoms with Gasteiger partial charge in [0.25, 0.3) is 5.91 Å². The number of nitrogens with two attached hydrogens (primary N) is 1. The summed E-state index contributed by atoms with van der Waals surface area (Å²) in [4.78, 5) is 37.1. The molecule has 3 N–H and O–H groups in total. The van der Waals surface area contributed by atoms with Gasteiger partial charge in [0.05, 0.1) is 12.5 Å². The van der Waals surface area contributed by atoms with Crippen LogP contribution >= 0.6 is 0 Å². The standard InChI is InChI=1S/C17H23N3O4/c1-3-24-17(23)19-14-8-6-12(7-9-14)16(22)20-10-13(15(18)21)5-4-11(20)2/h6-9,11,13H,3-5,10H2,1-2H3,(H2,18,21)(H,19,23)/t11-,13+/m0/s1. The Kier molecular flexibility index (Phi) is 5.78. The second-order valence-corrected chi connectivity index (χ2v) is 5.91. The van der Waals surface area contributed by atoms with E-state index in [2.05, 4.69) is 5.32 Å². The van der Waals surface area contributed by atoms with Crippen molar-refractivity contribution in [3.05, 3.63) is 29.8 Å². The number of piperidine rings is 1. The lowest BCUT2D eigenvalue weighted by Gasteiger charge is -2.37. The normalized spacial score (nSPS) is 20.3. The third kappa shape index (κ3) is 4.24. The average Bonchev–Trinajstić information content (AvgIpc) is 2.55. The molecule has 1 aliphatic heterocycles. The van der Waals surface area contributed by atoms with E-state index in [0.29, 0.717) is 24.2 Å². The number of likely N-dealkylation sites (tertiary alicyclic amines) is 1. The number of rotatable bonds is 4. The summed E-state index contributed by atoms with van der Waals surface area (Å²) in [5.41, 5.74) is 6.42. The van der Waals surface area contributed by atoms with E-state index >= 15 is 0 Å². The summed E-state index contributed by atoms with van der Waals surface area (Å²) >= 11 is 0. The van der Waals surface area contributed by atoms with Crippen molar-refractivity contribution in [2.24, 2.45) is 11.7 Å². The second-order valence-electron chi connectivity index (χ2n) is 5.91. The SMILES string of the molecule is CCOC(=O)Nc1ccc(C(=O)N2C[C@H](C(N)=O)CC[C@@H]2C)cc1. The van der Waals surface area contributed by atoms with Gasteiger partial charge in [-0.15, -0.1) is 0 Å². The molecule has 0 saturated carbocycles. The average molecular weight is 333 g/mol. The minimum Gasteiger partial charge on any atom is -0.450 e.